The first-order chi connectivity index (χ1) is 10.1. The van der Waals surface area contributed by atoms with Crippen LogP contribution in [0.3, 0.4) is 0 Å². The molecular formula is C15H14O5S. The SMILES string of the molecule is CCOC(=O)c1cc2c3c(c(OC)cc2s1)OC(C)C3=O. The Morgan fingerprint density at radius 2 is 2.19 bits per heavy atom. The molecule has 1 aromatic carbocycles. The molecule has 1 aliphatic heterocycles. The van der Waals surface area contributed by atoms with E-state index in [9.17, 15) is 9.59 Å². The lowest BCUT2D eigenvalue weighted by Gasteiger charge is -2.07. The third-order valence-corrected chi connectivity index (χ3v) is 4.41. The maximum absolute atomic E-state index is 12.3. The maximum Gasteiger partial charge on any atom is 0.348 e. The summed E-state index contributed by atoms with van der Waals surface area (Å²) in [6, 6.07) is 3.47. The van der Waals surface area contributed by atoms with Crippen molar-refractivity contribution >= 4 is 33.2 Å². The van der Waals surface area contributed by atoms with Gasteiger partial charge in [-0.1, -0.05) is 0 Å². The average molecular weight is 306 g/mol. The molecule has 0 fully saturated rings. The molecule has 1 aliphatic rings. The standard InChI is InChI=1S/C15H14O5S/c1-4-19-15(17)11-5-8-10(21-11)6-9(18-3)14-12(8)13(16)7(2)20-14/h5-7H,4H2,1-3H3. The van der Waals surface area contributed by atoms with Gasteiger partial charge in [0, 0.05) is 16.2 Å². The second-order valence-electron chi connectivity index (χ2n) is 4.65. The van der Waals surface area contributed by atoms with Crippen molar-refractivity contribution in [3.8, 4) is 11.5 Å². The Morgan fingerprint density at radius 3 is 2.86 bits per heavy atom. The predicted octanol–water partition coefficient (Wildman–Crippen LogP) is 3.05. The number of thiophene rings is 1. The molecule has 0 amide bonds. The third-order valence-electron chi connectivity index (χ3n) is 3.35. The normalized spacial score (nSPS) is 16.7. The number of methoxy groups -OCH3 is 1. The molecular weight excluding hydrogens is 292 g/mol. The second kappa shape index (κ2) is 5.04. The fourth-order valence-electron chi connectivity index (χ4n) is 2.39. The van der Waals surface area contributed by atoms with Gasteiger partial charge in [0.2, 0.25) is 5.78 Å². The number of esters is 1. The number of fused-ring (bicyclic) bond motifs is 3. The molecule has 0 saturated heterocycles. The van der Waals surface area contributed by atoms with E-state index in [1.807, 2.05) is 0 Å². The number of ether oxygens (including phenoxy) is 3. The van der Waals surface area contributed by atoms with Crippen LogP contribution in [0.5, 0.6) is 11.5 Å². The fourth-order valence-corrected chi connectivity index (χ4v) is 3.38. The van der Waals surface area contributed by atoms with Gasteiger partial charge >= 0.3 is 5.97 Å². The molecule has 0 N–H and O–H groups in total. The molecule has 2 heterocycles. The van der Waals surface area contributed by atoms with E-state index in [0.717, 1.165) is 4.70 Å². The van der Waals surface area contributed by atoms with E-state index in [4.69, 9.17) is 14.2 Å². The van der Waals surface area contributed by atoms with Gasteiger partial charge in [-0.15, -0.1) is 11.3 Å². The molecule has 0 saturated carbocycles. The molecule has 0 radical (unpaired) electrons. The minimum atomic E-state index is -0.537. The second-order valence-corrected chi connectivity index (χ2v) is 5.73. The number of carbonyl (C=O) groups excluding carboxylic acids is 2. The highest BCUT2D eigenvalue weighted by atomic mass is 32.1. The van der Waals surface area contributed by atoms with Crippen LogP contribution in [0.15, 0.2) is 12.1 Å². The zero-order valence-corrected chi connectivity index (χ0v) is 12.7. The summed E-state index contributed by atoms with van der Waals surface area (Å²) in [7, 11) is 1.53. The van der Waals surface area contributed by atoms with Gasteiger partial charge in [-0.25, -0.2) is 4.79 Å². The van der Waals surface area contributed by atoms with Crippen molar-refractivity contribution < 1.29 is 23.8 Å². The van der Waals surface area contributed by atoms with E-state index >= 15 is 0 Å². The molecule has 6 heteroatoms. The van der Waals surface area contributed by atoms with Crippen LogP contribution in [0.2, 0.25) is 0 Å². The van der Waals surface area contributed by atoms with E-state index in [2.05, 4.69) is 0 Å². The summed E-state index contributed by atoms with van der Waals surface area (Å²) in [5.74, 6) is 0.483. The molecule has 0 aliphatic carbocycles. The molecule has 0 spiro atoms. The summed E-state index contributed by atoms with van der Waals surface area (Å²) >= 11 is 1.28. The quantitative estimate of drug-likeness (QED) is 0.816. The molecule has 21 heavy (non-hydrogen) atoms. The molecule has 3 rings (SSSR count). The Bertz CT molecular complexity index is 746. The topological polar surface area (TPSA) is 61.8 Å². The average Bonchev–Trinajstić information content (AvgIpc) is 3.00. The van der Waals surface area contributed by atoms with Gasteiger partial charge in [0.05, 0.1) is 19.3 Å². The largest absolute Gasteiger partial charge is 0.493 e. The van der Waals surface area contributed by atoms with Gasteiger partial charge in [-0.05, 0) is 19.9 Å². The van der Waals surface area contributed by atoms with Crippen LogP contribution in [0, 0.1) is 0 Å². The molecule has 110 valence electrons. The van der Waals surface area contributed by atoms with Gasteiger partial charge < -0.3 is 14.2 Å². The van der Waals surface area contributed by atoms with Crippen LogP contribution in [-0.4, -0.2) is 31.6 Å². The first-order valence-electron chi connectivity index (χ1n) is 6.59. The van der Waals surface area contributed by atoms with Crippen LogP contribution in [0.1, 0.15) is 33.9 Å². The molecule has 0 bridgehead atoms. The predicted molar refractivity (Wildman–Crippen MR) is 78.8 cm³/mol. The minimum Gasteiger partial charge on any atom is -0.493 e. The highest BCUT2D eigenvalue weighted by Gasteiger charge is 2.34. The molecule has 5 nitrogen and oxygen atoms in total. The Hall–Kier alpha value is -2.08. The van der Waals surface area contributed by atoms with Crippen molar-refractivity contribution in [1.82, 2.24) is 0 Å². The smallest absolute Gasteiger partial charge is 0.348 e. The minimum absolute atomic E-state index is 0.0953. The zero-order valence-electron chi connectivity index (χ0n) is 11.9. The first-order valence-corrected chi connectivity index (χ1v) is 7.41. The van der Waals surface area contributed by atoms with Crippen molar-refractivity contribution in [1.29, 1.82) is 0 Å². The fraction of sp³-hybridized carbons (Fsp3) is 0.333. The number of carbonyl (C=O) groups is 2. The van der Waals surface area contributed by atoms with E-state index in [1.165, 1.54) is 18.4 Å². The highest BCUT2D eigenvalue weighted by molar-refractivity contribution is 7.20. The van der Waals surface area contributed by atoms with Crippen LogP contribution in [0.25, 0.3) is 10.1 Å². The molecule has 1 atom stereocenters. The van der Waals surface area contributed by atoms with Gasteiger partial charge in [0.15, 0.2) is 17.6 Å². The van der Waals surface area contributed by atoms with Crippen molar-refractivity contribution in [3.05, 3.63) is 22.6 Å². The first kappa shape index (κ1) is 13.9. The lowest BCUT2D eigenvalue weighted by atomic mass is 10.0. The number of benzene rings is 1. The van der Waals surface area contributed by atoms with Crippen LogP contribution in [-0.2, 0) is 4.74 Å². The third kappa shape index (κ3) is 2.06. The summed E-state index contributed by atoms with van der Waals surface area (Å²) in [6.07, 6.45) is -0.537. The number of hydrogen-bond acceptors (Lipinski definition) is 6. The highest BCUT2D eigenvalue weighted by Crippen LogP contribution is 2.45. The number of ketones is 1. The van der Waals surface area contributed by atoms with Crippen molar-refractivity contribution in [2.45, 2.75) is 20.0 Å². The number of hydrogen-bond donors (Lipinski definition) is 0. The van der Waals surface area contributed by atoms with Crippen LogP contribution < -0.4 is 9.47 Å². The lowest BCUT2D eigenvalue weighted by Crippen LogP contribution is -2.14. The van der Waals surface area contributed by atoms with Crippen LogP contribution in [0.4, 0.5) is 0 Å². The van der Waals surface area contributed by atoms with Crippen molar-refractivity contribution in [2.24, 2.45) is 0 Å². The summed E-state index contributed by atoms with van der Waals surface area (Å²) in [4.78, 5) is 24.6. The van der Waals surface area contributed by atoms with Crippen LogP contribution >= 0.6 is 11.3 Å². The van der Waals surface area contributed by atoms with Gasteiger partial charge in [-0.2, -0.15) is 0 Å². The maximum atomic E-state index is 12.3. The van der Waals surface area contributed by atoms with Gasteiger partial charge in [0.1, 0.15) is 4.88 Å². The molecule has 1 aromatic heterocycles. The molecule has 2 aromatic rings. The Balaban J connectivity index is 2.22. The Labute approximate surface area is 125 Å². The summed E-state index contributed by atoms with van der Waals surface area (Å²) in [5.41, 5.74) is 0.489. The van der Waals surface area contributed by atoms with Gasteiger partial charge in [-0.3, -0.25) is 4.79 Å². The zero-order chi connectivity index (χ0) is 15.1. The van der Waals surface area contributed by atoms with Crippen molar-refractivity contribution in [2.75, 3.05) is 13.7 Å². The van der Waals surface area contributed by atoms with Crippen molar-refractivity contribution in [3.63, 3.8) is 0 Å². The summed E-state index contributed by atoms with van der Waals surface area (Å²) < 4.78 is 16.7. The van der Waals surface area contributed by atoms with E-state index < -0.39 is 6.10 Å². The van der Waals surface area contributed by atoms with E-state index in [-0.39, 0.29) is 11.8 Å². The number of rotatable bonds is 3. The summed E-state index contributed by atoms with van der Waals surface area (Å²) in [5, 5.41) is 0.716. The molecule has 1 unspecified atom stereocenters. The van der Waals surface area contributed by atoms with Gasteiger partial charge in [0.25, 0.3) is 0 Å². The Kier molecular flexibility index (Phi) is 3.33. The van der Waals surface area contributed by atoms with E-state index in [0.29, 0.717) is 33.9 Å². The monoisotopic (exact) mass is 306 g/mol. The number of Topliss-reactive ketones (excluding diaryl/α,β-unsaturated/α-hetero) is 1. The summed E-state index contributed by atoms with van der Waals surface area (Å²) in [6.45, 7) is 3.77. The van der Waals surface area contributed by atoms with E-state index in [1.54, 1.807) is 26.0 Å². The lowest BCUT2D eigenvalue weighted by molar-refractivity contribution is 0.0532. The Morgan fingerprint density at radius 1 is 1.43 bits per heavy atom.